The summed E-state index contributed by atoms with van der Waals surface area (Å²) in [5.74, 6) is 0.491. The number of rotatable bonds is 7. The normalized spacial score (nSPS) is 11.7. The van der Waals surface area contributed by atoms with Gasteiger partial charge in [-0.05, 0) is 13.0 Å². The number of hydrogen-bond donors (Lipinski definition) is 0. The van der Waals surface area contributed by atoms with E-state index in [4.69, 9.17) is 4.52 Å². The zero-order valence-corrected chi connectivity index (χ0v) is 16.1. The summed E-state index contributed by atoms with van der Waals surface area (Å²) in [6.45, 7) is 3.61. The Morgan fingerprint density at radius 3 is 2.54 bits per heavy atom. The van der Waals surface area contributed by atoms with Crippen molar-refractivity contribution in [1.82, 2.24) is 14.4 Å². The minimum absolute atomic E-state index is 0.131. The zero-order valence-electron chi connectivity index (χ0n) is 15.3. The van der Waals surface area contributed by atoms with Crippen molar-refractivity contribution in [3.63, 3.8) is 0 Å². The quantitative estimate of drug-likeness (QED) is 0.440. The van der Waals surface area contributed by atoms with Crippen molar-refractivity contribution in [3.8, 4) is 11.4 Å². The number of aryl methyl sites for hydroxylation is 1. The van der Waals surface area contributed by atoms with Crippen molar-refractivity contribution in [2.24, 2.45) is 0 Å². The van der Waals surface area contributed by atoms with Crippen LogP contribution in [0.2, 0.25) is 0 Å². The summed E-state index contributed by atoms with van der Waals surface area (Å²) in [6.07, 6.45) is 0. The highest BCUT2D eigenvalue weighted by atomic mass is 32.2. The third kappa shape index (κ3) is 4.07. The lowest BCUT2D eigenvalue weighted by molar-refractivity contribution is -0.385. The number of nitro benzene ring substituents is 1. The molecule has 0 aliphatic rings. The molecular formula is C18H18N4O5S. The van der Waals surface area contributed by atoms with Gasteiger partial charge in [-0.15, -0.1) is 0 Å². The second-order valence-corrected chi connectivity index (χ2v) is 8.00. The summed E-state index contributed by atoms with van der Waals surface area (Å²) in [5, 5.41) is 14.8. The van der Waals surface area contributed by atoms with Crippen molar-refractivity contribution in [1.29, 1.82) is 0 Å². The summed E-state index contributed by atoms with van der Waals surface area (Å²) >= 11 is 0. The third-order valence-corrected chi connectivity index (χ3v) is 6.03. The Bertz CT molecular complexity index is 1090. The number of nitro groups is 1. The molecule has 3 rings (SSSR count). The van der Waals surface area contributed by atoms with E-state index in [0.29, 0.717) is 5.82 Å². The van der Waals surface area contributed by atoms with Crippen LogP contribution in [0.4, 0.5) is 5.69 Å². The molecule has 10 heteroatoms. The Hall–Kier alpha value is -3.11. The van der Waals surface area contributed by atoms with Crippen LogP contribution in [0.3, 0.4) is 0 Å². The molecule has 0 atom stereocenters. The van der Waals surface area contributed by atoms with E-state index in [-0.39, 0.29) is 29.6 Å². The monoisotopic (exact) mass is 402 g/mol. The molecule has 0 amide bonds. The minimum atomic E-state index is -3.97. The Kier molecular flexibility index (Phi) is 5.52. The van der Waals surface area contributed by atoms with Crippen LogP contribution in [0, 0.1) is 17.0 Å². The van der Waals surface area contributed by atoms with Gasteiger partial charge in [0.05, 0.1) is 16.4 Å². The van der Waals surface area contributed by atoms with Crippen LogP contribution in [0.15, 0.2) is 57.9 Å². The molecule has 0 spiro atoms. The fraction of sp³-hybridized carbons (Fsp3) is 0.222. The molecular weight excluding hydrogens is 384 g/mol. The summed E-state index contributed by atoms with van der Waals surface area (Å²) < 4.78 is 32.1. The second-order valence-electron chi connectivity index (χ2n) is 6.06. The third-order valence-electron chi connectivity index (χ3n) is 4.11. The van der Waals surface area contributed by atoms with Crippen LogP contribution < -0.4 is 0 Å². The van der Waals surface area contributed by atoms with E-state index in [9.17, 15) is 18.5 Å². The highest BCUT2D eigenvalue weighted by Crippen LogP contribution is 2.23. The van der Waals surface area contributed by atoms with E-state index in [1.165, 1.54) is 18.2 Å². The number of aromatic nitrogens is 2. The van der Waals surface area contributed by atoms with Gasteiger partial charge in [0.15, 0.2) is 0 Å². The molecule has 9 nitrogen and oxygen atoms in total. The summed E-state index contributed by atoms with van der Waals surface area (Å²) in [6, 6.07) is 12.4. The van der Waals surface area contributed by atoms with Crippen molar-refractivity contribution >= 4 is 15.7 Å². The lowest BCUT2D eigenvalue weighted by Crippen LogP contribution is -2.30. The number of hydrogen-bond acceptors (Lipinski definition) is 7. The summed E-state index contributed by atoms with van der Waals surface area (Å²) in [7, 11) is -3.97. The molecule has 3 aromatic rings. The first-order valence-electron chi connectivity index (χ1n) is 8.45. The first-order chi connectivity index (χ1) is 13.3. The predicted molar refractivity (Wildman–Crippen MR) is 101 cm³/mol. The van der Waals surface area contributed by atoms with Gasteiger partial charge in [-0.2, -0.15) is 9.29 Å². The van der Waals surface area contributed by atoms with Crippen molar-refractivity contribution < 1.29 is 17.9 Å². The molecule has 0 aliphatic heterocycles. The average Bonchev–Trinajstić information content (AvgIpc) is 3.15. The molecule has 1 heterocycles. The first kappa shape index (κ1) is 19.6. The smallest absolute Gasteiger partial charge is 0.270 e. The Balaban J connectivity index is 1.85. The van der Waals surface area contributed by atoms with E-state index in [0.717, 1.165) is 21.5 Å². The molecule has 0 saturated carbocycles. The van der Waals surface area contributed by atoms with Gasteiger partial charge < -0.3 is 4.52 Å². The van der Waals surface area contributed by atoms with E-state index in [2.05, 4.69) is 10.1 Å². The molecule has 0 N–H and O–H groups in total. The maximum Gasteiger partial charge on any atom is 0.270 e. The molecule has 0 fully saturated rings. The van der Waals surface area contributed by atoms with Crippen molar-refractivity contribution in [3.05, 3.63) is 70.1 Å². The van der Waals surface area contributed by atoms with Crippen LogP contribution >= 0.6 is 0 Å². The fourth-order valence-electron chi connectivity index (χ4n) is 2.56. The molecule has 0 unspecified atom stereocenters. The van der Waals surface area contributed by atoms with Gasteiger partial charge in [0.1, 0.15) is 0 Å². The molecule has 2 aromatic carbocycles. The van der Waals surface area contributed by atoms with Crippen LogP contribution in [-0.4, -0.2) is 34.3 Å². The molecule has 1 aromatic heterocycles. The van der Waals surface area contributed by atoms with Crippen LogP contribution in [0.1, 0.15) is 18.4 Å². The Labute approximate surface area is 161 Å². The molecule has 0 saturated heterocycles. The predicted octanol–water partition coefficient (Wildman–Crippen LogP) is 3.16. The van der Waals surface area contributed by atoms with Crippen molar-refractivity contribution in [2.45, 2.75) is 25.3 Å². The topological polar surface area (TPSA) is 119 Å². The molecule has 28 heavy (non-hydrogen) atoms. The second kappa shape index (κ2) is 7.87. The highest BCUT2D eigenvalue weighted by molar-refractivity contribution is 7.89. The number of non-ortho nitro benzene ring substituents is 1. The van der Waals surface area contributed by atoms with Crippen LogP contribution in [-0.2, 0) is 16.6 Å². The lowest BCUT2D eigenvalue weighted by Gasteiger charge is -2.18. The lowest BCUT2D eigenvalue weighted by atomic mass is 10.1. The van der Waals surface area contributed by atoms with Gasteiger partial charge >= 0.3 is 0 Å². The average molecular weight is 402 g/mol. The van der Waals surface area contributed by atoms with E-state index < -0.39 is 14.9 Å². The largest absolute Gasteiger partial charge is 0.338 e. The highest BCUT2D eigenvalue weighted by Gasteiger charge is 2.27. The first-order valence-corrected chi connectivity index (χ1v) is 9.89. The zero-order chi connectivity index (χ0) is 20.3. The van der Waals surface area contributed by atoms with Gasteiger partial charge in [0, 0.05) is 24.2 Å². The molecule has 0 bridgehead atoms. The molecule has 0 radical (unpaired) electrons. The van der Waals surface area contributed by atoms with Crippen molar-refractivity contribution in [2.75, 3.05) is 6.54 Å². The van der Waals surface area contributed by atoms with Crippen LogP contribution in [0.25, 0.3) is 11.4 Å². The maximum atomic E-state index is 12.9. The van der Waals surface area contributed by atoms with Gasteiger partial charge in [-0.25, -0.2) is 8.42 Å². The number of nitrogens with zero attached hydrogens (tertiary/aromatic N) is 4. The van der Waals surface area contributed by atoms with Gasteiger partial charge in [0.2, 0.25) is 21.7 Å². The van der Waals surface area contributed by atoms with Crippen LogP contribution in [0.5, 0.6) is 0 Å². The standard InChI is InChI=1S/C18H18N4O5S/c1-3-21(28(25,26)16-6-4-5-15(11-16)22(23)24)12-17-19-18(20-27-17)14-9-7-13(2)8-10-14/h4-11H,3,12H2,1-2H3. The Morgan fingerprint density at radius 1 is 1.18 bits per heavy atom. The summed E-state index contributed by atoms with van der Waals surface area (Å²) in [5.41, 5.74) is 1.55. The van der Waals surface area contributed by atoms with Gasteiger partial charge in [0.25, 0.3) is 5.69 Å². The summed E-state index contributed by atoms with van der Waals surface area (Å²) in [4.78, 5) is 14.4. The molecule has 146 valence electrons. The fourth-order valence-corrected chi connectivity index (χ4v) is 4.00. The van der Waals surface area contributed by atoms with Gasteiger partial charge in [-0.3, -0.25) is 10.1 Å². The minimum Gasteiger partial charge on any atom is -0.338 e. The number of benzene rings is 2. The number of sulfonamides is 1. The van der Waals surface area contributed by atoms with E-state index in [1.807, 2.05) is 31.2 Å². The Morgan fingerprint density at radius 2 is 1.89 bits per heavy atom. The maximum absolute atomic E-state index is 12.9. The SMILES string of the molecule is CCN(Cc1nc(-c2ccc(C)cc2)no1)S(=O)(=O)c1cccc([N+](=O)[O-])c1. The van der Waals surface area contributed by atoms with E-state index in [1.54, 1.807) is 6.92 Å². The molecule has 0 aliphatic carbocycles. The van der Waals surface area contributed by atoms with E-state index >= 15 is 0 Å². The van der Waals surface area contributed by atoms with Gasteiger partial charge in [-0.1, -0.05) is 48.0 Å².